The second-order valence-electron chi connectivity index (χ2n) is 8.47. The van der Waals surface area contributed by atoms with E-state index in [-0.39, 0.29) is 23.8 Å². The number of amides is 3. The molecule has 0 radical (unpaired) electrons. The standard InChI is InChI=1S/C28H29N3O3/c1-20(32)31-17-16-30(19-25(31)23-14-9-15-24(18-23)27(33)29-2)28(34)26(21-10-5-3-6-11-21)22-12-7-4-8-13-22/h3-15,18,25-26H,16-17,19H2,1-2H3,(H,29,33). The van der Waals surface area contributed by atoms with Gasteiger partial charge < -0.3 is 15.1 Å². The molecule has 1 fully saturated rings. The first-order chi connectivity index (χ1) is 16.5. The quantitative estimate of drug-likeness (QED) is 0.639. The van der Waals surface area contributed by atoms with Crippen LogP contribution in [0.5, 0.6) is 0 Å². The van der Waals surface area contributed by atoms with Crippen molar-refractivity contribution < 1.29 is 14.4 Å². The molecule has 1 atom stereocenters. The normalized spacial score (nSPS) is 15.8. The van der Waals surface area contributed by atoms with Crippen molar-refractivity contribution in [1.82, 2.24) is 15.1 Å². The Balaban J connectivity index is 1.67. The molecule has 0 spiro atoms. The van der Waals surface area contributed by atoms with Gasteiger partial charge in [0.1, 0.15) is 0 Å². The zero-order valence-electron chi connectivity index (χ0n) is 19.5. The lowest BCUT2D eigenvalue weighted by atomic mass is 9.89. The molecule has 1 saturated heterocycles. The first-order valence-corrected chi connectivity index (χ1v) is 11.5. The van der Waals surface area contributed by atoms with Crippen LogP contribution in [0.25, 0.3) is 0 Å². The van der Waals surface area contributed by atoms with Gasteiger partial charge in [-0.2, -0.15) is 0 Å². The number of nitrogens with one attached hydrogen (secondary N) is 1. The lowest BCUT2D eigenvalue weighted by Crippen LogP contribution is -2.53. The highest BCUT2D eigenvalue weighted by atomic mass is 16.2. The van der Waals surface area contributed by atoms with Gasteiger partial charge in [0.2, 0.25) is 11.8 Å². The third-order valence-electron chi connectivity index (χ3n) is 6.37. The molecule has 1 unspecified atom stereocenters. The summed E-state index contributed by atoms with van der Waals surface area (Å²) in [5.41, 5.74) is 3.24. The van der Waals surface area contributed by atoms with Gasteiger partial charge in [-0.25, -0.2) is 0 Å². The number of hydrogen-bond donors (Lipinski definition) is 1. The highest BCUT2D eigenvalue weighted by Gasteiger charge is 2.35. The fraction of sp³-hybridized carbons (Fsp3) is 0.250. The molecule has 4 rings (SSSR count). The van der Waals surface area contributed by atoms with E-state index in [0.29, 0.717) is 25.2 Å². The Labute approximate surface area is 200 Å². The van der Waals surface area contributed by atoms with Crippen molar-refractivity contribution in [2.75, 3.05) is 26.7 Å². The second-order valence-corrected chi connectivity index (χ2v) is 8.47. The van der Waals surface area contributed by atoms with Crippen LogP contribution in [0, 0.1) is 0 Å². The Morgan fingerprint density at radius 2 is 1.47 bits per heavy atom. The Bertz CT molecular complexity index is 1120. The lowest BCUT2D eigenvalue weighted by Gasteiger charge is -2.42. The summed E-state index contributed by atoms with van der Waals surface area (Å²) in [6.45, 7) is 2.81. The van der Waals surface area contributed by atoms with E-state index in [1.807, 2.05) is 77.7 Å². The number of benzene rings is 3. The minimum Gasteiger partial charge on any atom is -0.355 e. The van der Waals surface area contributed by atoms with E-state index < -0.39 is 5.92 Å². The van der Waals surface area contributed by atoms with Crippen molar-refractivity contribution in [1.29, 1.82) is 0 Å². The van der Waals surface area contributed by atoms with Gasteiger partial charge in [-0.05, 0) is 28.8 Å². The monoisotopic (exact) mass is 455 g/mol. The van der Waals surface area contributed by atoms with Gasteiger partial charge in [-0.15, -0.1) is 0 Å². The van der Waals surface area contributed by atoms with Gasteiger partial charge in [0, 0.05) is 39.2 Å². The molecule has 1 aliphatic heterocycles. The molecule has 6 nitrogen and oxygen atoms in total. The van der Waals surface area contributed by atoms with E-state index in [2.05, 4.69) is 5.32 Å². The summed E-state index contributed by atoms with van der Waals surface area (Å²) in [5.74, 6) is -0.657. The van der Waals surface area contributed by atoms with Crippen LogP contribution >= 0.6 is 0 Å². The summed E-state index contributed by atoms with van der Waals surface area (Å²) < 4.78 is 0. The van der Waals surface area contributed by atoms with Gasteiger partial charge in [-0.1, -0.05) is 72.8 Å². The maximum absolute atomic E-state index is 13.9. The van der Waals surface area contributed by atoms with E-state index in [9.17, 15) is 14.4 Å². The van der Waals surface area contributed by atoms with Crippen molar-refractivity contribution in [3.8, 4) is 0 Å². The van der Waals surface area contributed by atoms with Crippen molar-refractivity contribution >= 4 is 17.7 Å². The molecule has 1 heterocycles. The summed E-state index contributed by atoms with van der Waals surface area (Å²) in [4.78, 5) is 42.2. The molecule has 174 valence electrons. The van der Waals surface area contributed by atoms with Crippen LogP contribution in [0.3, 0.4) is 0 Å². The molecule has 34 heavy (non-hydrogen) atoms. The predicted molar refractivity (Wildman–Crippen MR) is 131 cm³/mol. The average Bonchev–Trinajstić information content (AvgIpc) is 2.89. The van der Waals surface area contributed by atoms with Crippen LogP contribution in [-0.2, 0) is 9.59 Å². The number of nitrogens with zero attached hydrogens (tertiary/aromatic N) is 2. The average molecular weight is 456 g/mol. The molecule has 1 N–H and O–H groups in total. The minimum atomic E-state index is -0.427. The first kappa shape index (κ1) is 23.2. The molecular weight excluding hydrogens is 426 g/mol. The second kappa shape index (κ2) is 10.3. The summed E-state index contributed by atoms with van der Waals surface area (Å²) in [6.07, 6.45) is 0. The number of carbonyl (C=O) groups is 3. The summed E-state index contributed by atoms with van der Waals surface area (Å²) in [7, 11) is 1.59. The zero-order valence-corrected chi connectivity index (χ0v) is 19.5. The first-order valence-electron chi connectivity index (χ1n) is 11.5. The highest BCUT2D eigenvalue weighted by Crippen LogP contribution is 2.31. The third-order valence-corrected chi connectivity index (χ3v) is 6.37. The summed E-state index contributed by atoms with van der Waals surface area (Å²) >= 11 is 0. The lowest BCUT2D eigenvalue weighted by molar-refractivity contribution is -0.142. The van der Waals surface area contributed by atoms with Crippen LogP contribution in [0.4, 0.5) is 0 Å². The van der Waals surface area contributed by atoms with E-state index >= 15 is 0 Å². The maximum atomic E-state index is 13.9. The Kier molecular flexibility index (Phi) is 7.07. The van der Waals surface area contributed by atoms with Crippen LogP contribution in [0.1, 0.15) is 45.9 Å². The van der Waals surface area contributed by atoms with Gasteiger partial charge >= 0.3 is 0 Å². The topological polar surface area (TPSA) is 69.7 Å². The van der Waals surface area contributed by atoms with Crippen molar-refractivity contribution in [2.24, 2.45) is 0 Å². The molecule has 3 aromatic carbocycles. The zero-order chi connectivity index (χ0) is 24.1. The Morgan fingerprint density at radius 1 is 0.853 bits per heavy atom. The smallest absolute Gasteiger partial charge is 0.251 e. The predicted octanol–water partition coefficient (Wildman–Crippen LogP) is 3.61. The van der Waals surface area contributed by atoms with Gasteiger partial charge in [0.25, 0.3) is 5.91 Å². The fourth-order valence-corrected chi connectivity index (χ4v) is 4.63. The number of rotatable bonds is 5. The summed E-state index contributed by atoms with van der Waals surface area (Å²) in [5, 5.41) is 2.64. The van der Waals surface area contributed by atoms with Gasteiger partial charge in [-0.3, -0.25) is 14.4 Å². The van der Waals surface area contributed by atoms with Crippen LogP contribution in [0.15, 0.2) is 84.9 Å². The minimum absolute atomic E-state index is 0.00746. The number of hydrogen-bond acceptors (Lipinski definition) is 3. The van der Waals surface area contributed by atoms with Crippen molar-refractivity contribution in [3.63, 3.8) is 0 Å². The van der Waals surface area contributed by atoms with Crippen LogP contribution < -0.4 is 5.32 Å². The molecule has 0 saturated carbocycles. The molecule has 0 bridgehead atoms. The maximum Gasteiger partial charge on any atom is 0.251 e. The molecule has 0 aliphatic carbocycles. The van der Waals surface area contributed by atoms with E-state index in [1.165, 1.54) is 0 Å². The van der Waals surface area contributed by atoms with E-state index in [0.717, 1.165) is 16.7 Å². The van der Waals surface area contributed by atoms with Crippen molar-refractivity contribution in [3.05, 3.63) is 107 Å². The van der Waals surface area contributed by atoms with E-state index in [4.69, 9.17) is 0 Å². The number of carbonyl (C=O) groups excluding carboxylic acids is 3. The molecule has 6 heteroatoms. The fourth-order valence-electron chi connectivity index (χ4n) is 4.63. The molecule has 3 amide bonds. The van der Waals surface area contributed by atoms with E-state index in [1.54, 1.807) is 31.0 Å². The SMILES string of the molecule is CNC(=O)c1cccc(C2CN(C(=O)C(c3ccccc3)c3ccccc3)CCN2C(C)=O)c1. The third kappa shape index (κ3) is 4.86. The van der Waals surface area contributed by atoms with Crippen LogP contribution in [-0.4, -0.2) is 54.2 Å². The van der Waals surface area contributed by atoms with Gasteiger partial charge in [0.05, 0.1) is 12.0 Å². The summed E-state index contributed by atoms with van der Waals surface area (Å²) in [6, 6.07) is 26.5. The number of piperazine rings is 1. The Morgan fingerprint density at radius 3 is 2.03 bits per heavy atom. The van der Waals surface area contributed by atoms with Crippen LogP contribution in [0.2, 0.25) is 0 Å². The molecular formula is C28H29N3O3. The highest BCUT2D eigenvalue weighted by molar-refractivity contribution is 5.94. The largest absolute Gasteiger partial charge is 0.355 e. The molecule has 0 aromatic heterocycles. The Hall–Kier alpha value is -3.93. The van der Waals surface area contributed by atoms with Gasteiger partial charge in [0.15, 0.2) is 0 Å². The van der Waals surface area contributed by atoms with Crippen molar-refractivity contribution in [2.45, 2.75) is 18.9 Å². The molecule has 3 aromatic rings. The molecule has 1 aliphatic rings.